The van der Waals surface area contributed by atoms with Gasteiger partial charge in [-0.1, -0.05) is 24.3 Å². The minimum absolute atomic E-state index is 0. The largest absolute Gasteiger partial charge is 0.444 e. The molecule has 2 N–H and O–H groups in total. The Kier molecular flexibility index (Phi) is 10.2. The van der Waals surface area contributed by atoms with Gasteiger partial charge in [-0.2, -0.15) is 0 Å². The molecule has 1 saturated heterocycles. The molecule has 1 aliphatic rings. The molecule has 3 rings (SSSR count). The zero-order chi connectivity index (χ0) is 21.5. The third-order valence-electron chi connectivity index (χ3n) is 5.24. The molecule has 8 heteroatoms. The maximum atomic E-state index is 5.87. The summed E-state index contributed by atoms with van der Waals surface area (Å²) < 4.78 is 11.5. The summed E-state index contributed by atoms with van der Waals surface area (Å²) in [6, 6.07) is 8.55. The van der Waals surface area contributed by atoms with E-state index in [4.69, 9.17) is 14.1 Å². The Bertz CT molecular complexity index is 825. The summed E-state index contributed by atoms with van der Waals surface area (Å²) >= 11 is 0. The highest BCUT2D eigenvalue weighted by atomic mass is 127. The fourth-order valence-electron chi connectivity index (χ4n) is 3.80. The van der Waals surface area contributed by atoms with Gasteiger partial charge in [-0.15, -0.1) is 24.0 Å². The number of aryl methyl sites for hydroxylation is 2. The predicted molar refractivity (Wildman–Crippen MR) is 135 cm³/mol. The summed E-state index contributed by atoms with van der Waals surface area (Å²) in [7, 11) is 0. The molecule has 0 saturated carbocycles. The van der Waals surface area contributed by atoms with Crippen molar-refractivity contribution in [3.63, 3.8) is 0 Å². The summed E-state index contributed by atoms with van der Waals surface area (Å²) in [5.74, 6) is 2.29. The number of aliphatic imine (C=N–C) groups is 1. The van der Waals surface area contributed by atoms with E-state index in [0.29, 0.717) is 19.0 Å². The average Bonchev–Trinajstić information content (AvgIpc) is 3.02. The Morgan fingerprint density at radius 2 is 1.81 bits per heavy atom. The van der Waals surface area contributed by atoms with Crippen molar-refractivity contribution < 1.29 is 9.15 Å². The number of nitrogens with zero attached hydrogens (tertiary/aromatic N) is 3. The SMILES string of the molecule is CCNC(=NCc1ccccc1CN1CC(C)OC(C)C1)NCc1nc(C)c(C)o1.I. The number of nitrogens with one attached hydrogen (secondary N) is 2. The molecule has 2 atom stereocenters. The van der Waals surface area contributed by atoms with Crippen molar-refractivity contribution in [2.75, 3.05) is 19.6 Å². The van der Waals surface area contributed by atoms with Gasteiger partial charge in [-0.25, -0.2) is 9.98 Å². The van der Waals surface area contributed by atoms with Gasteiger partial charge in [0, 0.05) is 26.2 Å². The van der Waals surface area contributed by atoms with Crippen LogP contribution in [0.5, 0.6) is 0 Å². The summed E-state index contributed by atoms with van der Waals surface area (Å²) in [4.78, 5) is 11.7. The van der Waals surface area contributed by atoms with Crippen LogP contribution in [0.2, 0.25) is 0 Å². The van der Waals surface area contributed by atoms with Crippen molar-refractivity contribution in [3.05, 3.63) is 52.7 Å². The lowest BCUT2D eigenvalue weighted by atomic mass is 10.1. The van der Waals surface area contributed by atoms with Crippen molar-refractivity contribution in [2.45, 2.75) is 66.5 Å². The van der Waals surface area contributed by atoms with Crippen LogP contribution in [-0.4, -0.2) is 47.7 Å². The number of oxazole rings is 1. The van der Waals surface area contributed by atoms with Gasteiger partial charge in [0.2, 0.25) is 5.89 Å². The van der Waals surface area contributed by atoms with Crippen LogP contribution in [-0.2, 0) is 24.4 Å². The van der Waals surface area contributed by atoms with Gasteiger partial charge in [-0.05, 0) is 45.7 Å². The molecular weight excluding hydrogens is 505 g/mol. The summed E-state index contributed by atoms with van der Waals surface area (Å²) in [5, 5.41) is 6.62. The molecule has 7 nitrogen and oxygen atoms in total. The van der Waals surface area contributed by atoms with Crippen LogP contribution in [0.15, 0.2) is 33.7 Å². The lowest BCUT2D eigenvalue weighted by Crippen LogP contribution is -2.44. The number of morpholine rings is 1. The molecule has 0 spiro atoms. The van der Waals surface area contributed by atoms with E-state index in [9.17, 15) is 0 Å². The molecule has 1 aromatic heterocycles. The second-order valence-electron chi connectivity index (χ2n) is 8.02. The molecular formula is C23H36IN5O2. The van der Waals surface area contributed by atoms with Gasteiger partial charge < -0.3 is 19.8 Å². The zero-order valence-corrected chi connectivity index (χ0v) is 21.6. The fourth-order valence-corrected chi connectivity index (χ4v) is 3.80. The number of guanidine groups is 1. The van der Waals surface area contributed by atoms with Crippen molar-refractivity contribution in [3.8, 4) is 0 Å². The first-order valence-corrected chi connectivity index (χ1v) is 10.8. The first-order chi connectivity index (χ1) is 14.4. The van der Waals surface area contributed by atoms with Crippen molar-refractivity contribution >= 4 is 29.9 Å². The Morgan fingerprint density at radius 3 is 2.42 bits per heavy atom. The molecule has 1 aliphatic heterocycles. The molecule has 0 radical (unpaired) electrons. The highest BCUT2D eigenvalue weighted by Crippen LogP contribution is 2.17. The maximum Gasteiger partial charge on any atom is 0.214 e. The standard InChI is InChI=1S/C23H35N5O2.HI/c1-6-24-23(26-12-22-27-18(4)19(5)30-22)25-11-20-9-7-8-10-21(20)15-28-13-16(2)29-17(3)14-28;/h7-10,16-17H,6,11-15H2,1-5H3,(H2,24,25,26);1H. The second-order valence-corrected chi connectivity index (χ2v) is 8.02. The zero-order valence-electron chi connectivity index (χ0n) is 19.3. The van der Waals surface area contributed by atoms with Gasteiger partial charge in [0.05, 0.1) is 31.0 Å². The molecule has 2 aromatic rings. The molecule has 0 amide bonds. The molecule has 0 bridgehead atoms. The summed E-state index contributed by atoms with van der Waals surface area (Å²) in [6.07, 6.45) is 0.539. The van der Waals surface area contributed by atoms with Crippen LogP contribution in [0, 0.1) is 13.8 Å². The van der Waals surface area contributed by atoms with E-state index in [2.05, 4.69) is 65.6 Å². The summed E-state index contributed by atoms with van der Waals surface area (Å²) in [6.45, 7) is 15.0. The second kappa shape index (κ2) is 12.4. The third kappa shape index (κ3) is 7.76. The van der Waals surface area contributed by atoms with Crippen LogP contribution in [0.1, 0.15) is 49.2 Å². The minimum Gasteiger partial charge on any atom is -0.444 e. The third-order valence-corrected chi connectivity index (χ3v) is 5.24. The lowest BCUT2D eigenvalue weighted by Gasteiger charge is -2.35. The Hall–Kier alpha value is -1.65. The van der Waals surface area contributed by atoms with Crippen molar-refractivity contribution in [2.24, 2.45) is 4.99 Å². The first kappa shape index (κ1) is 25.6. The Morgan fingerprint density at radius 1 is 1.13 bits per heavy atom. The van der Waals surface area contributed by atoms with E-state index in [1.165, 1.54) is 11.1 Å². The van der Waals surface area contributed by atoms with Crippen molar-refractivity contribution in [1.29, 1.82) is 0 Å². The van der Waals surface area contributed by atoms with E-state index in [1.54, 1.807) is 0 Å². The predicted octanol–water partition coefficient (Wildman–Crippen LogP) is 3.77. The number of rotatable bonds is 7. The van der Waals surface area contributed by atoms with Crippen LogP contribution in [0.4, 0.5) is 0 Å². The maximum absolute atomic E-state index is 5.87. The molecule has 31 heavy (non-hydrogen) atoms. The van der Waals surface area contributed by atoms with Gasteiger partial charge in [0.1, 0.15) is 5.76 Å². The number of hydrogen-bond donors (Lipinski definition) is 2. The highest BCUT2D eigenvalue weighted by Gasteiger charge is 2.22. The molecule has 1 fully saturated rings. The average molecular weight is 541 g/mol. The summed E-state index contributed by atoms with van der Waals surface area (Å²) in [5.41, 5.74) is 3.48. The van der Waals surface area contributed by atoms with Gasteiger partial charge in [0.15, 0.2) is 5.96 Å². The highest BCUT2D eigenvalue weighted by molar-refractivity contribution is 14.0. The number of halogens is 1. The van der Waals surface area contributed by atoms with E-state index in [0.717, 1.165) is 43.6 Å². The monoisotopic (exact) mass is 541 g/mol. The first-order valence-electron chi connectivity index (χ1n) is 10.8. The molecule has 2 unspecified atom stereocenters. The van der Waals surface area contributed by atoms with Crippen molar-refractivity contribution in [1.82, 2.24) is 20.5 Å². The normalized spacial score (nSPS) is 19.7. The van der Waals surface area contributed by atoms with Crippen LogP contribution in [0.3, 0.4) is 0 Å². The molecule has 172 valence electrons. The van der Waals surface area contributed by atoms with E-state index < -0.39 is 0 Å². The molecule has 0 aliphatic carbocycles. The number of benzene rings is 1. The minimum atomic E-state index is 0. The number of hydrogen-bond acceptors (Lipinski definition) is 5. The topological polar surface area (TPSA) is 74.9 Å². The number of aromatic nitrogens is 1. The molecule has 2 heterocycles. The smallest absolute Gasteiger partial charge is 0.214 e. The Labute approximate surface area is 203 Å². The Balaban J connectivity index is 0.00000341. The van der Waals surface area contributed by atoms with Crippen LogP contribution < -0.4 is 10.6 Å². The van der Waals surface area contributed by atoms with E-state index in [1.807, 2.05) is 13.8 Å². The van der Waals surface area contributed by atoms with E-state index >= 15 is 0 Å². The van der Waals surface area contributed by atoms with Crippen LogP contribution in [0.25, 0.3) is 0 Å². The quantitative estimate of drug-likeness (QED) is 0.316. The van der Waals surface area contributed by atoms with Gasteiger partial charge >= 0.3 is 0 Å². The lowest BCUT2D eigenvalue weighted by molar-refractivity contribution is -0.0705. The van der Waals surface area contributed by atoms with E-state index in [-0.39, 0.29) is 36.2 Å². The molecule has 1 aromatic carbocycles. The fraction of sp³-hybridized carbons (Fsp3) is 0.565. The van der Waals surface area contributed by atoms with Gasteiger partial charge in [0.25, 0.3) is 0 Å². The van der Waals surface area contributed by atoms with Gasteiger partial charge in [-0.3, -0.25) is 4.90 Å². The number of ether oxygens (including phenoxy) is 1. The van der Waals surface area contributed by atoms with Crippen LogP contribution >= 0.6 is 24.0 Å².